The summed E-state index contributed by atoms with van der Waals surface area (Å²) in [7, 11) is 0. The largest absolute Gasteiger partial charge is 0.303 e. The number of hydrogen-bond acceptors (Lipinski definition) is 2. The summed E-state index contributed by atoms with van der Waals surface area (Å²) >= 11 is 7.91. The third-order valence-electron chi connectivity index (χ3n) is 1.95. The van der Waals surface area contributed by atoms with Crippen molar-refractivity contribution in [3.05, 3.63) is 28.8 Å². The van der Waals surface area contributed by atoms with E-state index in [-0.39, 0.29) is 0 Å². The summed E-state index contributed by atoms with van der Waals surface area (Å²) in [5, 5.41) is 1.29. The van der Waals surface area contributed by atoms with Gasteiger partial charge in [-0.25, -0.2) is 0 Å². The molecule has 0 fully saturated rings. The number of carbonyl (C=O) groups is 1. The molecule has 82 valence electrons. The molecule has 0 bridgehead atoms. The highest BCUT2D eigenvalue weighted by Gasteiger charge is 2.08. The topological polar surface area (TPSA) is 17.1 Å². The predicted molar refractivity (Wildman–Crippen MR) is 66.8 cm³/mol. The molecular weight excluding hydrogens is 228 g/mol. The van der Waals surface area contributed by atoms with Crippen molar-refractivity contribution in [3.63, 3.8) is 0 Å². The Morgan fingerprint density at radius 3 is 2.80 bits per heavy atom. The average molecular weight is 243 g/mol. The highest BCUT2D eigenvalue weighted by atomic mass is 35.5. The summed E-state index contributed by atoms with van der Waals surface area (Å²) in [6.45, 7) is 4.30. The lowest BCUT2D eigenvalue weighted by Crippen LogP contribution is -1.94. The minimum Gasteiger partial charge on any atom is -0.303 e. The van der Waals surface area contributed by atoms with Crippen molar-refractivity contribution in [2.45, 2.75) is 36.8 Å². The maximum absolute atomic E-state index is 10.4. The number of thioether (sulfide) groups is 1. The van der Waals surface area contributed by atoms with Crippen LogP contribution in [-0.4, -0.2) is 11.5 Å². The fraction of sp³-hybridized carbons (Fsp3) is 0.417. The molecule has 0 spiro atoms. The molecule has 3 heteroatoms. The summed E-state index contributed by atoms with van der Waals surface area (Å²) < 4.78 is 0. The van der Waals surface area contributed by atoms with Crippen molar-refractivity contribution in [3.8, 4) is 0 Å². The second kappa shape index (κ2) is 6.19. The monoisotopic (exact) mass is 242 g/mol. The zero-order chi connectivity index (χ0) is 11.3. The van der Waals surface area contributed by atoms with E-state index >= 15 is 0 Å². The Hall–Kier alpha value is -0.470. The Labute approximate surface area is 100 Å². The highest BCUT2D eigenvalue weighted by Crippen LogP contribution is 2.31. The lowest BCUT2D eigenvalue weighted by Gasteiger charge is -2.11. The zero-order valence-corrected chi connectivity index (χ0v) is 10.6. The van der Waals surface area contributed by atoms with Crippen LogP contribution in [0.25, 0.3) is 0 Å². The molecule has 1 aromatic carbocycles. The molecule has 0 aliphatic carbocycles. The van der Waals surface area contributed by atoms with Crippen LogP contribution in [-0.2, 0) is 11.2 Å². The molecule has 1 rings (SSSR count). The van der Waals surface area contributed by atoms with E-state index in [4.69, 9.17) is 11.6 Å². The van der Waals surface area contributed by atoms with Gasteiger partial charge in [0.05, 0.1) is 0 Å². The van der Waals surface area contributed by atoms with Crippen LogP contribution in [0.3, 0.4) is 0 Å². The van der Waals surface area contributed by atoms with E-state index in [1.54, 1.807) is 11.8 Å². The van der Waals surface area contributed by atoms with Crippen molar-refractivity contribution in [1.82, 2.24) is 0 Å². The fourth-order valence-corrected chi connectivity index (χ4v) is 2.69. The highest BCUT2D eigenvalue weighted by molar-refractivity contribution is 8.00. The van der Waals surface area contributed by atoms with E-state index in [2.05, 4.69) is 19.9 Å². The second-order valence-corrected chi connectivity index (χ2v) is 5.61. The van der Waals surface area contributed by atoms with Crippen molar-refractivity contribution in [1.29, 1.82) is 0 Å². The molecule has 1 nitrogen and oxygen atoms in total. The molecule has 0 saturated carbocycles. The summed E-state index contributed by atoms with van der Waals surface area (Å²) in [5.74, 6) is 0. The van der Waals surface area contributed by atoms with E-state index in [0.717, 1.165) is 23.3 Å². The number of carbonyl (C=O) groups excluding carboxylic acids is 1. The Morgan fingerprint density at radius 1 is 1.47 bits per heavy atom. The summed E-state index contributed by atoms with van der Waals surface area (Å²) in [6, 6.07) is 5.90. The van der Waals surface area contributed by atoms with Gasteiger partial charge in [-0.1, -0.05) is 31.5 Å². The first kappa shape index (κ1) is 12.6. The Morgan fingerprint density at radius 2 is 2.20 bits per heavy atom. The van der Waals surface area contributed by atoms with Crippen LogP contribution in [0.4, 0.5) is 0 Å². The van der Waals surface area contributed by atoms with Crippen LogP contribution in [0, 0.1) is 0 Å². The van der Waals surface area contributed by atoms with Crippen molar-refractivity contribution in [2.24, 2.45) is 0 Å². The molecular formula is C12H15ClOS. The number of halogens is 1. The molecule has 15 heavy (non-hydrogen) atoms. The van der Waals surface area contributed by atoms with Crippen molar-refractivity contribution >= 4 is 29.6 Å². The molecule has 0 saturated heterocycles. The summed E-state index contributed by atoms with van der Waals surface area (Å²) in [5.41, 5.74) is 1.10. The van der Waals surface area contributed by atoms with Gasteiger partial charge in [0.2, 0.25) is 0 Å². The van der Waals surface area contributed by atoms with E-state index in [0.29, 0.717) is 11.7 Å². The van der Waals surface area contributed by atoms with Crippen LogP contribution < -0.4 is 0 Å². The summed E-state index contributed by atoms with van der Waals surface area (Å²) in [6.07, 6.45) is 2.21. The number of benzene rings is 1. The maximum atomic E-state index is 10.4. The SMILES string of the molecule is CC(C)Sc1cccc(Cl)c1CCC=O. The van der Waals surface area contributed by atoms with E-state index in [9.17, 15) is 4.79 Å². The van der Waals surface area contributed by atoms with Crippen LogP contribution >= 0.6 is 23.4 Å². The average Bonchev–Trinajstić information content (AvgIpc) is 2.16. The second-order valence-electron chi connectivity index (χ2n) is 3.59. The number of rotatable bonds is 5. The van der Waals surface area contributed by atoms with Gasteiger partial charge in [-0.2, -0.15) is 0 Å². The third-order valence-corrected chi connectivity index (χ3v) is 3.41. The third kappa shape index (κ3) is 3.88. The quantitative estimate of drug-likeness (QED) is 0.574. The normalized spacial score (nSPS) is 10.7. The van der Waals surface area contributed by atoms with Gasteiger partial charge < -0.3 is 4.79 Å². The molecule has 1 aromatic rings. The first-order valence-electron chi connectivity index (χ1n) is 5.03. The molecule has 0 aromatic heterocycles. The maximum Gasteiger partial charge on any atom is 0.120 e. The lowest BCUT2D eigenvalue weighted by atomic mass is 10.1. The van der Waals surface area contributed by atoms with Gasteiger partial charge in [0, 0.05) is 21.6 Å². The summed E-state index contributed by atoms with van der Waals surface area (Å²) in [4.78, 5) is 11.6. The van der Waals surface area contributed by atoms with Crippen molar-refractivity contribution in [2.75, 3.05) is 0 Å². The van der Waals surface area contributed by atoms with Crippen LogP contribution in [0.15, 0.2) is 23.1 Å². The van der Waals surface area contributed by atoms with Gasteiger partial charge in [-0.05, 0) is 24.1 Å². The smallest absolute Gasteiger partial charge is 0.120 e. The minimum atomic E-state index is 0.526. The van der Waals surface area contributed by atoms with Crippen LogP contribution in [0.2, 0.25) is 5.02 Å². The van der Waals surface area contributed by atoms with E-state index in [1.165, 1.54) is 4.90 Å². The first-order valence-corrected chi connectivity index (χ1v) is 6.28. The standard InChI is InChI=1S/C12H15ClOS/c1-9(2)15-12-7-3-6-11(13)10(12)5-4-8-14/h3,6-9H,4-5H2,1-2H3. The van der Waals surface area contributed by atoms with Crippen LogP contribution in [0.1, 0.15) is 25.8 Å². The predicted octanol–water partition coefficient (Wildman–Crippen LogP) is 3.97. The molecule has 0 aliphatic rings. The first-order chi connectivity index (χ1) is 7.15. The Balaban J connectivity index is 2.91. The fourth-order valence-electron chi connectivity index (χ4n) is 1.35. The molecule has 0 atom stereocenters. The minimum absolute atomic E-state index is 0.526. The molecule has 0 amide bonds. The number of hydrogen-bond donors (Lipinski definition) is 0. The van der Waals surface area contributed by atoms with E-state index < -0.39 is 0 Å². The molecule has 0 radical (unpaired) electrons. The van der Waals surface area contributed by atoms with Crippen molar-refractivity contribution < 1.29 is 4.79 Å². The Bertz CT molecular complexity index is 336. The van der Waals surface area contributed by atoms with Gasteiger partial charge in [0.1, 0.15) is 6.29 Å². The molecule has 0 aliphatic heterocycles. The van der Waals surface area contributed by atoms with Gasteiger partial charge in [0.25, 0.3) is 0 Å². The molecule has 0 heterocycles. The van der Waals surface area contributed by atoms with Gasteiger partial charge in [-0.15, -0.1) is 11.8 Å². The lowest BCUT2D eigenvalue weighted by molar-refractivity contribution is -0.107. The van der Waals surface area contributed by atoms with Crippen LogP contribution in [0.5, 0.6) is 0 Å². The number of aldehydes is 1. The Kier molecular flexibility index (Phi) is 5.20. The van der Waals surface area contributed by atoms with Gasteiger partial charge in [-0.3, -0.25) is 0 Å². The van der Waals surface area contributed by atoms with E-state index in [1.807, 2.05) is 12.1 Å². The molecule has 0 N–H and O–H groups in total. The molecule has 0 unspecified atom stereocenters. The van der Waals surface area contributed by atoms with Gasteiger partial charge in [0.15, 0.2) is 0 Å². The zero-order valence-electron chi connectivity index (χ0n) is 9.00. The van der Waals surface area contributed by atoms with Gasteiger partial charge >= 0.3 is 0 Å².